The maximum atomic E-state index is 12.9. The number of nitrogens with zero attached hydrogens (tertiary/aromatic N) is 3. The average Bonchev–Trinajstić information content (AvgIpc) is 3.17. The molecule has 4 rings (SSSR count). The van der Waals surface area contributed by atoms with Gasteiger partial charge in [-0.2, -0.15) is 0 Å². The first-order valence-electron chi connectivity index (χ1n) is 8.53. The zero-order chi connectivity index (χ0) is 18.3. The molecule has 0 radical (unpaired) electrons. The molecule has 8 nitrogen and oxygen atoms in total. The molecule has 3 aromatic rings. The van der Waals surface area contributed by atoms with Crippen LogP contribution in [0, 0.1) is 5.41 Å². The molecular formula is C18H19N5O3. The number of carbonyl (C=O) groups excluding carboxylic acids is 1. The normalized spacial score (nSPS) is 17.0. The minimum atomic E-state index is -0.407. The predicted octanol–water partition coefficient (Wildman–Crippen LogP) is 0.667. The monoisotopic (exact) mass is 353 g/mol. The molecule has 1 amide bonds. The highest BCUT2D eigenvalue weighted by Gasteiger charge is 2.21. The fourth-order valence-corrected chi connectivity index (χ4v) is 3.36. The highest BCUT2D eigenvalue weighted by atomic mass is 16.5. The fourth-order valence-electron chi connectivity index (χ4n) is 3.36. The molecule has 1 saturated heterocycles. The predicted molar refractivity (Wildman–Crippen MR) is 95.2 cm³/mol. The number of hydrogen-bond acceptors (Lipinski definition) is 5. The van der Waals surface area contributed by atoms with E-state index in [0.717, 1.165) is 12.8 Å². The van der Waals surface area contributed by atoms with Crippen molar-refractivity contribution in [3.8, 4) is 0 Å². The summed E-state index contributed by atoms with van der Waals surface area (Å²) >= 11 is 0. The Morgan fingerprint density at radius 2 is 2.31 bits per heavy atom. The Labute approximate surface area is 148 Å². The molecule has 3 aromatic heterocycles. The van der Waals surface area contributed by atoms with Gasteiger partial charge in [-0.3, -0.25) is 19.4 Å². The van der Waals surface area contributed by atoms with Gasteiger partial charge in [-0.1, -0.05) is 6.07 Å². The molecule has 0 spiro atoms. The molecule has 1 aliphatic rings. The molecule has 0 aromatic carbocycles. The summed E-state index contributed by atoms with van der Waals surface area (Å²) in [6.07, 6.45) is 3.43. The van der Waals surface area contributed by atoms with Gasteiger partial charge in [0.1, 0.15) is 16.8 Å². The van der Waals surface area contributed by atoms with E-state index in [-0.39, 0.29) is 22.7 Å². The number of aromatic nitrogens is 3. The second-order valence-electron chi connectivity index (χ2n) is 6.31. The minimum Gasteiger partial charge on any atom is -0.376 e. The highest BCUT2D eigenvalue weighted by Crippen LogP contribution is 2.16. The van der Waals surface area contributed by atoms with Crippen LogP contribution in [0.1, 0.15) is 23.2 Å². The van der Waals surface area contributed by atoms with E-state index in [1.807, 2.05) is 0 Å². The molecular weight excluding hydrogens is 334 g/mol. The van der Waals surface area contributed by atoms with Gasteiger partial charge < -0.3 is 14.6 Å². The molecule has 0 bridgehead atoms. The maximum absolute atomic E-state index is 12.9. The third-order valence-corrected chi connectivity index (χ3v) is 4.70. The first-order chi connectivity index (χ1) is 12.6. The van der Waals surface area contributed by atoms with E-state index in [4.69, 9.17) is 10.1 Å². The Hall–Kier alpha value is -3.00. The Kier molecular flexibility index (Phi) is 4.04. The summed E-state index contributed by atoms with van der Waals surface area (Å²) < 4.78 is 8.75. The molecule has 2 N–H and O–H groups in total. The Bertz CT molecular complexity index is 1130. The van der Waals surface area contributed by atoms with Crippen molar-refractivity contribution in [1.29, 1.82) is 5.41 Å². The van der Waals surface area contributed by atoms with Gasteiger partial charge in [0, 0.05) is 19.9 Å². The van der Waals surface area contributed by atoms with Gasteiger partial charge in [-0.05, 0) is 31.0 Å². The number of ether oxygens (including phenoxy) is 1. The van der Waals surface area contributed by atoms with Crippen LogP contribution < -0.4 is 16.4 Å². The molecule has 8 heteroatoms. The lowest BCUT2D eigenvalue weighted by atomic mass is 10.1. The summed E-state index contributed by atoms with van der Waals surface area (Å²) in [7, 11) is 1.50. The van der Waals surface area contributed by atoms with Gasteiger partial charge in [0.2, 0.25) is 0 Å². The standard InChI is InChI=1S/C18H19N5O3/c1-20-17(24)12-9-13-16(21-14-6-2-3-7-22(14)18(13)25)23(15(12)19)10-11-5-4-8-26-11/h2-3,6-7,9,11,19H,4-5,8,10H2,1H3,(H,20,24)/t11-/m1/s1. The first kappa shape index (κ1) is 16.5. The van der Waals surface area contributed by atoms with Gasteiger partial charge in [0.05, 0.1) is 23.6 Å². The van der Waals surface area contributed by atoms with E-state index in [2.05, 4.69) is 10.3 Å². The van der Waals surface area contributed by atoms with Crippen LogP contribution >= 0.6 is 0 Å². The summed E-state index contributed by atoms with van der Waals surface area (Å²) in [5.74, 6) is -0.407. The van der Waals surface area contributed by atoms with Crippen LogP contribution in [0.4, 0.5) is 0 Å². The van der Waals surface area contributed by atoms with E-state index in [1.54, 1.807) is 29.0 Å². The van der Waals surface area contributed by atoms with E-state index >= 15 is 0 Å². The van der Waals surface area contributed by atoms with Gasteiger partial charge >= 0.3 is 0 Å². The summed E-state index contributed by atoms with van der Waals surface area (Å²) in [4.78, 5) is 29.8. The topological polar surface area (TPSA) is 101 Å². The van der Waals surface area contributed by atoms with Crippen molar-refractivity contribution in [3.05, 3.63) is 51.9 Å². The van der Waals surface area contributed by atoms with Crippen LogP contribution in [0.2, 0.25) is 0 Å². The molecule has 26 heavy (non-hydrogen) atoms. The van der Waals surface area contributed by atoms with Crippen LogP contribution in [-0.4, -0.2) is 39.6 Å². The molecule has 134 valence electrons. The zero-order valence-corrected chi connectivity index (χ0v) is 14.4. The average molecular weight is 353 g/mol. The van der Waals surface area contributed by atoms with E-state index < -0.39 is 5.91 Å². The zero-order valence-electron chi connectivity index (χ0n) is 14.4. The van der Waals surface area contributed by atoms with Gasteiger partial charge in [0.25, 0.3) is 11.5 Å². The van der Waals surface area contributed by atoms with Crippen molar-refractivity contribution in [2.24, 2.45) is 0 Å². The fraction of sp³-hybridized carbons (Fsp3) is 0.333. The minimum absolute atomic E-state index is 0.0273. The molecule has 1 aliphatic heterocycles. The van der Waals surface area contributed by atoms with Crippen molar-refractivity contribution in [1.82, 2.24) is 19.3 Å². The van der Waals surface area contributed by atoms with E-state index in [9.17, 15) is 9.59 Å². The van der Waals surface area contributed by atoms with Crippen molar-refractivity contribution < 1.29 is 9.53 Å². The van der Waals surface area contributed by atoms with Crippen LogP contribution in [0.5, 0.6) is 0 Å². The second kappa shape index (κ2) is 6.38. The number of hydrogen-bond donors (Lipinski definition) is 2. The second-order valence-corrected chi connectivity index (χ2v) is 6.31. The third kappa shape index (κ3) is 2.59. The number of pyridine rings is 2. The van der Waals surface area contributed by atoms with Crippen molar-refractivity contribution >= 4 is 22.6 Å². The highest BCUT2D eigenvalue weighted by molar-refractivity contribution is 5.96. The number of amides is 1. The Balaban J connectivity index is 2.06. The third-order valence-electron chi connectivity index (χ3n) is 4.70. The van der Waals surface area contributed by atoms with Crippen LogP contribution in [-0.2, 0) is 11.3 Å². The number of rotatable bonds is 3. The number of carbonyl (C=O) groups is 1. The summed E-state index contributed by atoms with van der Waals surface area (Å²) in [6.45, 7) is 1.07. The smallest absolute Gasteiger partial charge is 0.267 e. The lowest BCUT2D eigenvalue weighted by Crippen LogP contribution is -2.35. The van der Waals surface area contributed by atoms with Gasteiger partial charge in [0.15, 0.2) is 0 Å². The SMILES string of the molecule is CNC(=O)c1cc2c(=O)n3ccccc3nc2n(C[C@H]2CCCO2)c1=N. The molecule has 1 fully saturated rings. The molecule has 1 atom stereocenters. The van der Waals surface area contributed by atoms with Crippen LogP contribution in [0.15, 0.2) is 35.3 Å². The lowest BCUT2D eigenvalue weighted by Gasteiger charge is -2.17. The first-order valence-corrected chi connectivity index (χ1v) is 8.53. The van der Waals surface area contributed by atoms with Crippen molar-refractivity contribution in [2.45, 2.75) is 25.5 Å². The van der Waals surface area contributed by atoms with Gasteiger partial charge in [-0.15, -0.1) is 0 Å². The largest absolute Gasteiger partial charge is 0.376 e. The summed E-state index contributed by atoms with van der Waals surface area (Å²) in [6, 6.07) is 6.75. The van der Waals surface area contributed by atoms with Crippen molar-refractivity contribution in [2.75, 3.05) is 13.7 Å². The molecule has 0 aliphatic carbocycles. The van der Waals surface area contributed by atoms with Crippen LogP contribution in [0.3, 0.4) is 0 Å². The molecule has 0 saturated carbocycles. The Morgan fingerprint density at radius 1 is 1.46 bits per heavy atom. The van der Waals surface area contributed by atoms with Crippen LogP contribution in [0.25, 0.3) is 16.7 Å². The number of fused-ring (bicyclic) bond motifs is 2. The Morgan fingerprint density at radius 3 is 3.04 bits per heavy atom. The number of nitrogens with one attached hydrogen (secondary N) is 2. The van der Waals surface area contributed by atoms with E-state index in [1.165, 1.54) is 17.5 Å². The van der Waals surface area contributed by atoms with E-state index in [0.29, 0.717) is 29.8 Å². The van der Waals surface area contributed by atoms with Crippen molar-refractivity contribution in [3.63, 3.8) is 0 Å². The summed E-state index contributed by atoms with van der Waals surface area (Å²) in [5, 5.41) is 11.3. The summed E-state index contributed by atoms with van der Waals surface area (Å²) in [5.41, 5.74) is 0.802. The lowest BCUT2D eigenvalue weighted by molar-refractivity contribution is 0.0938. The van der Waals surface area contributed by atoms with Gasteiger partial charge in [-0.25, -0.2) is 4.98 Å². The maximum Gasteiger partial charge on any atom is 0.267 e. The molecule has 4 heterocycles. The quantitative estimate of drug-likeness (QED) is 0.676. The molecule has 0 unspecified atom stereocenters.